The van der Waals surface area contributed by atoms with Gasteiger partial charge in [0, 0.05) is 21.8 Å². The van der Waals surface area contributed by atoms with Crippen molar-refractivity contribution in [1.29, 1.82) is 0 Å². The van der Waals surface area contributed by atoms with Gasteiger partial charge >= 0.3 is 0 Å². The molecular weight excluding hydrogens is 344 g/mol. The normalized spacial score (nSPS) is 10.4. The van der Waals surface area contributed by atoms with Crippen molar-refractivity contribution in [1.82, 2.24) is 20.2 Å². The maximum Gasteiger partial charge on any atom is 0.248 e. The standard InChI is InChI=1S/C16H13ClN6O2/c17-12-6-4-10(5-7-12)16-20-22-23(21-16)9-14(24)19-13-3-1-2-11(8-13)15(18)25/h1-8H,9H2,(H2,18,25)(H,19,24). The summed E-state index contributed by atoms with van der Waals surface area (Å²) in [6.45, 7) is -0.124. The number of carbonyl (C=O) groups is 2. The number of nitrogens with two attached hydrogens (primary N) is 1. The maximum absolute atomic E-state index is 12.1. The summed E-state index contributed by atoms with van der Waals surface area (Å²) in [5.41, 5.74) is 6.72. The maximum atomic E-state index is 12.1. The lowest BCUT2D eigenvalue weighted by Crippen LogP contribution is -2.21. The average Bonchev–Trinajstić information content (AvgIpc) is 3.04. The fourth-order valence-electron chi connectivity index (χ4n) is 2.10. The monoisotopic (exact) mass is 356 g/mol. The third-order valence-corrected chi connectivity index (χ3v) is 3.52. The lowest BCUT2D eigenvalue weighted by atomic mass is 10.2. The van der Waals surface area contributed by atoms with Crippen LogP contribution in [0.2, 0.25) is 5.02 Å². The van der Waals surface area contributed by atoms with Gasteiger partial charge in [0.05, 0.1) is 0 Å². The molecule has 0 fully saturated rings. The molecular formula is C16H13ClN6O2. The number of hydrogen-bond donors (Lipinski definition) is 2. The molecule has 3 N–H and O–H groups in total. The van der Waals surface area contributed by atoms with Crippen molar-refractivity contribution in [2.45, 2.75) is 6.54 Å². The Kier molecular flexibility index (Phi) is 4.71. The number of rotatable bonds is 5. The summed E-state index contributed by atoms with van der Waals surface area (Å²) >= 11 is 5.84. The molecule has 0 aliphatic carbocycles. The van der Waals surface area contributed by atoms with Crippen LogP contribution in [0.1, 0.15) is 10.4 Å². The molecule has 25 heavy (non-hydrogen) atoms. The molecule has 0 bridgehead atoms. The lowest BCUT2D eigenvalue weighted by molar-refractivity contribution is -0.117. The highest BCUT2D eigenvalue weighted by atomic mass is 35.5. The van der Waals surface area contributed by atoms with Gasteiger partial charge in [-0.1, -0.05) is 17.7 Å². The van der Waals surface area contributed by atoms with Crippen LogP contribution in [-0.4, -0.2) is 32.0 Å². The first-order valence-corrected chi connectivity index (χ1v) is 7.62. The molecule has 0 unspecified atom stereocenters. The van der Waals surface area contributed by atoms with Crippen molar-refractivity contribution in [3.63, 3.8) is 0 Å². The van der Waals surface area contributed by atoms with Gasteiger partial charge in [-0.25, -0.2) is 0 Å². The van der Waals surface area contributed by atoms with Gasteiger partial charge in [0.15, 0.2) is 0 Å². The predicted molar refractivity (Wildman–Crippen MR) is 91.9 cm³/mol. The summed E-state index contributed by atoms with van der Waals surface area (Å²) in [5.74, 6) is -0.538. The van der Waals surface area contributed by atoms with E-state index in [0.717, 1.165) is 5.56 Å². The largest absolute Gasteiger partial charge is 0.366 e. The molecule has 0 radical (unpaired) electrons. The zero-order valence-electron chi connectivity index (χ0n) is 12.9. The van der Waals surface area contributed by atoms with Crippen LogP contribution >= 0.6 is 11.6 Å². The van der Waals surface area contributed by atoms with Gasteiger partial charge in [0.1, 0.15) is 6.54 Å². The van der Waals surface area contributed by atoms with E-state index in [9.17, 15) is 9.59 Å². The smallest absolute Gasteiger partial charge is 0.248 e. The second-order valence-electron chi connectivity index (χ2n) is 5.14. The number of carbonyl (C=O) groups excluding carboxylic acids is 2. The Balaban J connectivity index is 1.66. The van der Waals surface area contributed by atoms with Gasteiger partial charge in [-0.3, -0.25) is 9.59 Å². The Morgan fingerprint density at radius 2 is 1.92 bits per heavy atom. The second kappa shape index (κ2) is 7.10. The molecule has 1 heterocycles. The number of primary amides is 1. The molecule has 2 amide bonds. The molecule has 3 rings (SSSR count). The van der Waals surface area contributed by atoms with E-state index in [0.29, 0.717) is 22.1 Å². The Morgan fingerprint density at radius 3 is 2.64 bits per heavy atom. The van der Waals surface area contributed by atoms with Crippen LogP contribution in [0.3, 0.4) is 0 Å². The molecule has 3 aromatic rings. The van der Waals surface area contributed by atoms with E-state index >= 15 is 0 Å². The number of halogens is 1. The molecule has 1 aromatic heterocycles. The topological polar surface area (TPSA) is 116 Å². The van der Waals surface area contributed by atoms with Crippen LogP contribution in [0.4, 0.5) is 5.69 Å². The molecule has 0 saturated heterocycles. The van der Waals surface area contributed by atoms with Gasteiger partial charge in [0.25, 0.3) is 0 Å². The molecule has 8 nitrogen and oxygen atoms in total. The minimum atomic E-state index is -0.568. The number of anilines is 1. The van der Waals surface area contributed by atoms with Gasteiger partial charge in [-0.2, -0.15) is 4.80 Å². The number of hydrogen-bond acceptors (Lipinski definition) is 5. The van der Waals surface area contributed by atoms with Crippen molar-refractivity contribution in [2.75, 3.05) is 5.32 Å². The van der Waals surface area contributed by atoms with E-state index in [1.54, 1.807) is 42.5 Å². The number of nitrogens with zero attached hydrogens (tertiary/aromatic N) is 4. The molecule has 0 aliphatic heterocycles. The van der Waals surface area contributed by atoms with Crippen molar-refractivity contribution in [2.24, 2.45) is 5.73 Å². The summed E-state index contributed by atoms with van der Waals surface area (Å²) in [4.78, 5) is 24.4. The quantitative estimate of drug-likeness (QED) is 0.722. The van der Waals surface area contributed by atoms with E-state index in [1.807, 2.05) is 0 Å². The Morgan fingerprint density at radius 1 is 1.16 bits per heavy atom. The molecule has 2 aromatic carbocycles. The first kappa shape index (κ1) is 16.6. The summed E-state index contributed by atoms with van der Waals surface area (Å²) in [7, 11) is 0. The number of amides is 2. The average molecular weight is 357 g/mol. The number of tetrazole rings is 1. The molecule has 0 aliphatic rings. The summed E-state index contributed by atoms with van der Waals surface area (Å²) in [6.07, 6.45) is 0. The second-order valence-corrected chi connectivity index (χ2v) is 5.58. The highest BCUT2D eigenvalue weighted by Crippen LogP contribution is 2.17. The summed E-state index contributed by atoms with van der Waals surface area (Å²) in [5, 5.41) is 15.2. The van der Waals surface area contributed by atoms with Crippen LogP contribution in [0.15, 0.2) is 48.5 Å². The minimum Gasteiger partial charge on any atom is -0.366 e. The first-order valence-electron chi connectivity index (χ1n) is 7.25. The third-order valence-electron chi connectivity index (χ3n) is 3.27. The van der Waals surface area contributed by atoms with Crippen LogP contribution in [0.5, 0.6) is 0 Å². The third kappa shape index (κ3) is 4.18. The van der Waals surface area contributed by atoms with Crippen LogP contribution < -0.4 is 11.1 Å². The van der Waals surface area contributed by atoms with Crippen LogP contribution in [0.25, 0.3) is 11.4 Å². The highest BCUT2D eigenvalue weighted by Gasteiger charge is 2.10. The van der Waals surface area contributed by atoms with Crippen molar-refractivity contribution >= 4 is 29.1 Å². The zero-order valence-corrected chi connectivity index (χ0v) is 13.6. The lowest BCUT2D eigenvalue weighted by Gasteiger charge is -2.05. The van der Waals surface area contributed by atoms with Crippen LogP contribution in [0, 0.1) is 0 Å². The van der Waals surface area contributed by atoms with Gasteiger partial charge in [0.2, 0.25) is 17.6 Å². The minimum absolute atomic E-state index is 0.124. The van der Waals surface area contributed by atoms with E-state index in [2.05, 4.69) is 20.7 Å². The SMILES string of the molecule is NC(=O)c1cccc(NC(=O)Cn2nnc(-c3ccc(Cl)cc3)n2)c1. The summed E-state index contributed by atoms with van der Waals surface area (Å²) < 4.78 is 0. The number of benzene rings is 2. The fraction of sp³-hybridized carbons (Fsp3) is 0.0625. The first-order chi connectivity index (χ1) is 12.0. The Bertz CT molecular complexity index is 922. The Labute approximate surface area is 147 Å². The van der Waals surface area contributed by atoms with Gasteiger partial charge < -0.3 is 11.1 Å². The van der Waals surface area contributed by atoms with Crippen molar-refractivity contribution < 1.29 is 9.59 Å². The zero-order chi connectivity index (χ0) is 17.8. The molecule has 0 saturated carbocycles. The number of aromatic nitrogens is 4. The van der Waals surface area contributed by atoms with Crippen molar-refractivity contribution in [3.05, 3.63) is 59.1 Å². The molecule has 126 valence electrons. The van der Waals surface area contributed by atoms with Gasteiger partial charge in [-0.15, -0.1) is 10.2 Å². The predicted octanol–water partition coefficient (Wildman–Crippen LogP) is 1.73. The van der Waals surface area contributed by atoms with E-state index in [-0.39, 0.29) is 12.5 Å². The number of nitrogens with one attached hydrogen (secondary N) is 1. The summed E-state index contributed by atoms with van der Waals surface area (Å²) in [6, 6.07) is 13.3. The highest BCUT2D eigenvalue weighted by molar-refractivity contribution is 6.30. The van der Waals surface area contributed by atoms with E-state index in [1.165, 1.54) is 10.9 Å². The Hall–Kier alpha value is -3.26. The molecule has 9 heteroatoms. The van der Waals surface area contributed by atoms with Crippen LogP contribution in [-0.2, 0) is 11.3 Å². The van der Waals surface area contributed by atoms with Gasteiger partial charge in [-0.05, 0) is 47.7 Å². The van der Waals surface area contributed by atoms with E-state index < -0.39 is 5.91 Å². The molecule has 0 atom stereocenters. The van der Waals surface area contributed by atoms with E-state index in [4.69, 9.17) is 17.3 Å². The van der Waals surface area contributed by atoms with Crippen molar-refractivity contribution in [3.8, 4) is 11.4 Å². The molecule has 0 spiro atoms. The fourth-order valence-corrected chi connectivity index (χ4v) is 2.23.